The molecule has 0 saturated heterocycles. The van der Waals surface area contributed by atoms with Gasteiger partial charge in [0.05, 0.1) is 0 Å². The van der Waals surface area contributed by atoms with Gasteiger partial charge in [-0.2, -0.15) is 0 Å². The molecule has 0 aliphatic rings. The van der Waals surface area contributed by atoms with E-state index >= 15 is 0 Å². The van der Waals surface area contributed by atoms with Crippen molar-refractivity contribution < 1.29 is 9.05 Å². The second-order valence-electron chi connectivity index (χ2n) is 10.9. The Morgan fingerprint density at radius 1 is 0.667 bits per heavy atom. The maximum Gasteiger partial charge on any atom is 0.367 e. The second kappa shape index (κ2) is 11.9. The van der Waals surface area contributed by atoms with E-state index in [1.165, 1.54) is 11.1 Å². The van der Waals surface area contributed by atoms with Crippen molar-refractivity contribution in [3.8, 4) is 11.5 Å². The standard InChI is InChI=1S/C28H44NO2PS/c1-9-11-21-29(22-12-10-2)32(33,30-25-17-13-23(14-18-25)27(3,4)5)31-26-19-15-24(16-20-26)28(6,7)8/h13-20H,9-12,21-22H2,1-8H3. The molecular weight excluding hydrogens is 445 g/mol. The van der Waals surface area contributed by atoms with Crippen LogP contribution in [-0.4, -0.2) is 17.8 Å². The number of hydrogen-bond acceptors (Lipinski definition) is 3. The number of benzene rings is 2. The Bertz CT molecular complexity index is 824. The third-order valence-electron chi connectivity index (χ3n) is 5.77. The molecule has 184 valence electrons. The highest BCUT2D eigenvalue weighted by atomic mass is 32.5. The summed E-state index contributed by atoms with van der Waals surface area (Å²) in [5.74, 6) is 1.55. The lowest BCUT2D eigenvalue weighted by Crippen LogP contribution is -2.28. The van der Waals surface area contributed by atoms with Crippen LogP contribution in [0, 0.1) is 0 Å². The van der Waals surface area contributed by atoms with Gasteiger partial charge in [-0.3, -0.25) is 0 Å². The van der Waals surface area contributed by atoms with Gasteiger partial charge >= 0.3 is 6.64 Å². The summed E-state index contributed by atoms with van der Waals surface area (Å²) in [5, 5.41) is 0. The zero-order valence-electron chi connectivity index (χ0n) is 22.0. The number of nitrogens with zero attached hydrogens (tertiary/aromatic N) is 1. The van der Waals surface area contributed by atoms with Crippen molar-refractivity contribution in [2.24, 2.45) is 0 Å². The van der Waals surface area contributed by atoms with E-state index in [2.05, 4.69) is 84.3 Å². The molecule has 3 nitrogen and oxygen atoms in total. The average Bonchev–Trinajstić information content (AvgIpc) is 2.73. The fourth-order valence-corrected chi connectivity index (χ4v) is 6.29. The van der Waals surface area contributed by atoms with Crippen LogP contribution in [0.15, 0.2) is 48.5 Å². The molecule has 0 amide bonds. The molecule has 2 rings (SSSR count). The third-order valence-corrected chi connectivity index (χ3v) is 8.88. The van der Waals surface area contributed by atoms with Crippen LogP contribution in [0.4, 0.5) is 0 Å². The van der Waals surface area contributed by atoms with Crippen molar-refractivity contribution in [2.75, 3.05) is 13.1 Å². The van der Waals surface area contributed by atoms with E-state index in [1.807, 2.05) is 24.3 Å². The normalized spacial score (nSPS) is 12.8. The Kier molecular flexibility index (Phi) is 10.0. The molecule has 2 aromatic rings. The lowest BCUT2D eigenvalue weighted by Gasteiger charge is -2.34. The van der Waals surface area contributed by atoms with Crippen LogP contribution >= 0.6 is 6.64 Å². The summed E-state index contributed by atoms with van der Waals surface area (Å²) in [6.07, 6.45) is 4.36. The molecule has 0 heterocycles. The van der Waals surface area contributed by atoms with Gasteiger partial charge in [-0.1, -0.05) is 92.5 Å². The molecule has 0 saturated carbocycles. The molecule has 0 aliphatic heterocycles. The number of hydrogen-bond donors (Lipinski definition) is 0. The highest BCUT2D eigenvalue weighted by Crippen LogP contribution is 2.52. The van der Waals surface area contributed by atoms with E-state index in [9.17, 15) is 0 Å². The van der Waals surface area contributed by atoms with Crippen LogP contribution in [0.2, 0.25) is 0 Å². The van der Waals surface area contributed by atoms with Crippen LogP contribution in [0.5, 0.6) is 11.5 Å². The summed E-state index contributed by atoms with van der Waals surface area (Å²) in [6, 6.07) is 16.7. The molecule has 2 aromatic carbocycles. The first kappa shape index (κ1) is 27.9. The predicted molar refractivity (Wildman–Crippen MR) is 147 cm³/mol. The smallest absolute Gasteiger partial charge is 0.367 e. The van der Waals surface area contributed by atoms with Gasteiger partial charge < -0.3 is 9.05 Å². The van der Waals surface area contributed by atoms with Gasteiger partial charge in [0.1, 0.15) is 11.5 Å². The van der Waals surface area contributed by atoms with Crippen LogP contribution in [0.3, 0.4) is 0 Å². The van der Waals surface area contributed by atoms with E-state index < -0.39 is 6.64 Å². The summed E-state index contributed by atoms with van der Waals surface area (Å²) in [7, 11) is 0. The topological polar surface area (TPSA) is 21.7 Å². The Labute approximate surface area is 208 Å². The zero-order valence-corrected chi connectivity index (χ0v) is 23.7. The van der Waals surface area contributed by atoms with Gasteiger partial charge in [-0.05, 0) is 59.1 Å². The minimum atomic E-state index is -2.78. The maximum absolute atomic E-state index is 6.56. The molecule has 0 aliphatic carbocycles. The van der Waals surface area contributed by atoms with Crippen molar-refractivity contribution >= 4 is 18.4 Å². The first-order valence-electron chi connectivity index (χ1n) is 12.3. The van der Waals surface area contributed by atoms with Gasteiger partial charge in [0, 0.05) is 24.9 Å². The van der Waals surface area contributed by atoms with Crippen molar-refractivity contribution in [3.63, 3.8) is 0 Å². The highest BCUT2D eigenvalue weighted by Gasteiger charge is 2.31. The maximum atomic E-state index is 6.56. The fraction of sp³-hybridized carbons (Fsp3) is 0.571. The van der Waals surface area contributed by atoms with Crippen LogP contribution in [0.25, 0.3) is 0 Å². The summed E-state index contributed by atoms with van der Waals surface area (Å²) >= 11 is 6.22. The Balaban J connectivity index is 2.38. The van der Waals surface area contributed by atoms with Gasteiger partial charge in [0.2, 0.25) is 0 Å². The first-order chi connectivity index (χ1) is 15.4. The van der Waals surface area contributed by atoms with Crippen molar-refractivity contribution in [3.05, 3.63) is 59.7 Å². The van der Waals surface area contributed by atoms with Crippen LogP contribution in [-0.2, 0) is 22.6 Å². The predicted octanol–water partition coefficient (Wildman–Crippen LogP) is 8.87. The molecule has 0 spiro atoms. The Morgan fingerprint density at radius 2 is 1.00 bits per heavy atom. The van der Waals surface area contributed by atoms with Gasteiger partial charge in [-0.15, -0.1) is 0 Å². The lowest BCUT2D eigenvalue weighted by molar-refractivity contribution is 0.338. The van der Waals surface area contributed by atoms with Crippen molar-refractivity contribution in [2.45, 2.75) is 91.9 Å². The minimum Gasteiger partial charge on any atom is -0.424 e. The summed E-state index contributed by atoms with van der Waals surface area (Å²) < 4.78 is 15.4. The molecular formula is C28H44NO2PS. The van der Waals surface area contributed by atoms with Crippen molar-refractivity contribution in [1.29, 1.82) is 0 Å². The van der Waals surface area contributed by atoms with E-state index in [4.69, 9.17) is 20.9 Å². The SMILES string of the molecule is CCCCN(CCCC)P(=S)(Oc1ccc(C(C)(C)C)cc1)Oc1ccc(C(C)(C)C)cc1. The molecule has 0 unspecified atom stereocenters. The zero-order chi connectivity index (χ0) is 24.7. The quantitative estimate of drug-likeness (QED) is 0.294. The Morgan fingerprint density at radius 3 is 1.27 bits per heavy atom. The largest absolute Gasteiger partial charge is 0.424 e. The lowest BCUT2D eigenvalue weighted by atomic mass is 9.87. The molecule has 5 heteroatoms. The molecule has 0 bridgehead atoms. The second-order valence-corrected chi connectivity index (χ2v) is 14.1. The first-order valence-corrected chi connectivity index (χ1v) is 14.9. The van der Waals surface area contributed by atoms with Gasteiger partial charge in [0.25, 0.3) is 0 Å². The highest BCUT2D eigenvalue weighted by molar-refractivity contribution is 8.09. The van der Waals surface area contributed by atoms with Gasteiger partial charge in [0.15, 0.2) is 0 Å². The summed E-state index contributed by atoms with van der Waals surface area (Å²) in [6.45, 7) is 16.7. The summed E-state index contributed by atoms with van der Waals surface area (Å²) in [5.41, 5.74) is 2.74. The van der Waals surface area contributed by atoms with Gasteiger partial charge in [-0.25, -0.2) is 4.67 Å². The molecule has 0 fully saturated rings. The molecule has 0 aromatic heterocycles. The molecule has 33 heavy (non-hydrogen) atoms. The van der Waals surface area contributed by atoms with E-state index in [0.717, 1.165) is 50.3 Å². The van der Waals surface area contributed by atoms with Crippen LogP contribution < -0.4 is 9.05 Å². The van der Waals surface area contributed by atoms with Crippen LogP contribution in [0.1, 0.15) is 92.2 Å². The number of rotatable bonds is 11. The minimum absolute atomic E-state index is 0.0955. The van der Waals surface area contributed by atoms with E-state index in [1.54, 1.807) is 0 Å². The summed E-state index contributed by atoms with van der Waals surface area (Å²) in [4.78, 5) is 0. The molecule has 0 atom stereocenters. The molecule has 0 N–H and O–H groups in total. The Hall–Kier alpha value is -1.35. The average molecular weight is 490 g/mol. The van der Waals surface area contributed by atoms with Crippen molar-refractivity contribution in [1.82, 2.24) is 4.67 Å². The van der Waals surface area contributed by atoms with E-state index in [0.29, 0.717) is 0 Å². The fourth-order valence-electron chi connectivity index (χ4n) is 3.47. The number of unbranched alkanes of at least 4 members (excludes halogenated alkanes) is 2. The third kappa shape index (κ3) is 8.42. The van der Waals surface area contributed by atoms with E-state index in [-0.39, 0.29) is 10.8 Å². The monoisotopic (exact) mass is 489 g/mol. The molecule has 0 radical (unpaired) electrons.